The van der Waals surface area contributed by atoms with Gasteiger partial charge in [0.25, 0.3) is 0 Å². The van der Waals surface area contributed by atoms with Crippen molar-refractivity contribution in [3.63, 3.8) is 0 Å². The predicted molar refractivity (Wildman–Crippen MR) is 126 cm³/mol. The fourth-order valence-corrected chi connectivity index (χ4v) is 4.82. The van der Waals surface area contributed by atoms with Gasteiger partial charge < -0.3 is 20.6 Å². The zero-order valence-corrected chi connectivity index (χ0v) is 19.2. The lowest BCUT2D eigenvalue weighted by Crippen LogP contribution is -2.29. The van der Waals surface area contributed by atoms with Crippen LogP contribution in [0.5, 0.6) is 0 Å². The van der Waals surface area contributed by atoms with Gasteiger partial charge in [-0.2, -0.15) is 4.98 Å². The van der Waals surface area contributed by atoms with Gasteiger partial charge in [-0.05, 0) is 50.8 Å². The number of anilines is 3. The van der Waals surface area contributed by atoms with Gasteiger partial charge in [0, 0.05) is 31.4 Å². The van der Waals surface area contributed by atoms with E-state index in [1.165, 1.54) is 11.3 Å². The molecule has 1 aliphatic carbocycles. The smallest absolute Gasteiger partial charge is 0.225 e. The Labute approximate surface area is 187 Å². The maximum atomic E-state index is 9.79. The van der Waals surface area contributed by atoms with Gasteiger partial charge in [-0.3, -0.25) is 0 Å². The molecule has 0 atom stereocenters. The maximum absolute atomic E-state index is 9.79. The second kappa shape index (κ2) is 9.84. The molecule has 0 spiro atoms. The van der Waals surface area contributed by atoms with Crippen molar-refractivity contribution in [2.45, 2.75) is 58.2 Å². The van der Waals surface area contributed by atoms with Crippen LogP contribution in [0.3, 0.4) is 0 Å². The van der Waals surface area contributed by atoms with E-state index in [9.17, 15) is 5.11 Å². The molecule has 3 aromatic rings. The Kier molecular flexibility index (Phi) is 6.94. The summed E-state index contributed by atoms with van der Waals surface area (Å²) in [7, 11) is 2.12. The van der Waals surface area contributed by atoms with Crippen LogP contribution >= 0.6 is 11.3 Å². The van der Waals surface area contributed by atoms with E-state index in [-0.39, 0.29) is 12.1 Å². The summed E-state index contributed by atoms with van der Waals surface area (Å²) in [6, 6.07) is 6.13. The fraction of sp³-hybridized carbons (Fsp3) is 0.545. The van der Waals surface area contributed by atoms with Crippen LogP contribution in [-0.2, 0) is 6.54 Å². The van der Waals surface area contributed by atoms with E-state index in [2.05, 4.69) is 46.4 Å². The first-order valence-corrected chi connectivity index (χ1v) is 11.8. The van der Waals surface area contributed by atoms with Gasteiger partial charge in [0.2, 0.25) is 5.95 Å². The van der Waals surface area contributed by atoms with Gasteiger partial charge in [0.1, 0.15) is 16.2 Å². The molecule has 0 radical (unpaired) electrons. The summed E-state index contributed by atoms with van der Waals surface area (Å²) in [5, 5.41) is 17.4. The minimum absolute atomic E-state index is 0.181. The van der Waals surface area contributed by atoms with Crippen molar-refractivity contribution in [3.8, 4) is 0 Å². The van der Waals surface area contributed by atoms with Crippen LogP contribution in [-0.4, -0.2) is 55.7 Å². The van der Waals surface area contributed by atoms with Crippen LogP contribution < -0.4 is 10.6 Å². The van der Waals surface area contributed by atoms with E-state index in [0.717, 1.165) is 65.8 Å². The van der Waals surface area contributed by atoms with E-state index in [1.54, 1.807) is 6.20 Å². The highest BCUT2D eigenvalue weighted by Crippen LogP contribution is 2.27. The van der Waals surface area contributed by atoms with Gasteiger partial charge in [-0.15, -0.1) is 0 Å². The van der Waals surface area contributed by atoms with Gasteiger partial charge in [0.05, 0.1) is 11.8 Å². The van der Waals surface area contributed by atoms with Crippen molar-refractivity contribution in [3.05, 3.63) is 30.1 Å². The molecule has 0 amide bonds. The molecule has 3 aromatic heterocycles. The number of pyridine rings is 1. The van der Waals surface area contributed by atoms with E-state index < -0.39 is 0 Å². The van der Waals surface area contributed by atoms with Crippen LogP contribution in [0.2, 0.25) is 0 Å². The summed E-state index contributed by atoms with van der Waals surface area (Å²) in [4.78, 5) is 21.7. The minimum atomic E-state index is -0.181. The molecule has 1 fully saturated rings. The molecule has 4 rings (SSSR count). The summed E-state index contributed by atoms with van der Waals surface area (Å²) in [6.07, 6.45) is 5.08. The number of nitrogens with zero attached hydrogens (tertiary/aromatic N) is 5. The molecule has 166 valence electrons. The molecule has 0 aromatic carbocycles. The zero-order chi connectivity index (χ0) is 21.8. The van der Waals surface area contributed by atoms with Crippen LogP contribution in [0.15, 0.2) is 24.4 Å². The molecule has 31 heavy (non-hydrogen) atoms. The SMILES string of the molecule is CC(C)CN(C)Cc1cc(Nc2nc3cccnc3s2)nc(N[C@H]2CC[C@H](O)CC2)n1. The molecular weight excluding hydrogens is 410 g/mol. The number of nitrogens with one attached hydrogen (secondary N) is 2. The minimum Gasteiger partial charge on any atom is -0.393 e. The second-order valence-corrected chi connectivity index (χ2v) is 9.76. The number of hydrogen-bond acceptors (Lipinski definition) is 9. The largest absolute Gasteiger partial charge is 0.393 e. The molecule has 0 aliphatic heterocycles. The van der Waals surface area contributed by atoms with Crippen molar-refractivity contribution >= 4 is 38.6 Å². The number of rotatable bonds is 8. The molecule has 0 unspecified atom stereocenters. The van der Waals surface area contributed by atoms with E-state index in [0.29, 0.717) is 11.9 Å². The van der Waals surface area contributed by atoms with E-state index >= 15 is 0 Å². The van der Waals surface area contributed by atoms with Gasteiger partial charge in [-0.25, -0.2) is 15.0 Å². The van der Waals surface area contributed by atoms with Crippen LogP contribution in [0, 0.1) is 5.92 Å². The first kappa shape index (κ1) is 21.9. The summed E-state index contributed by atoms with van der Waals surface area (Å²) in [6.45, 7) is 6.18. The molecule has 0 saturated heterocycles. The Hall–Kier alpha value is -2.36. The highest BCUT2D eigenvalue weighted by molar-refractivity contribution is 7.21. The van der Waals surface area contributed by atoms with Crippen LogP contribution in [0.4, 0.5) is 16.9 Å². The number of aliphatic hydroxyl groups excluding tert-OH is 1. The van der Waals surface area contributed by atoms with Gasteiger partial charge >= 0.3 is 0 Å². The molecular formula is C22H31N7OS. The lowest BCUT2D eigenvalue weighted by molar-refractivity contribution is 0.126. The lowest BCUT2D eigenvalue weighted by Gasteiger charge is -2.26. The van der Waals surface area contributed by atoms with Crippen molar-refractivity contribution in [1.82, 2.24) is 24.8 Å². The summed E-state index contributed by atoms with van der Waals surface area (Å²) in [5.74, 6) is 1.94. The van der Waals surface area contributed by atoms with Gasteiger partial charge in [0.15, 0.2) is 5.13 Å². The fourth-order valence-electron chi connectivity index (χ4n) is 4.01. The molecule has 3 heterocycles. The molecule has 1 saturated carbocycles. The first-order chi connectivity index (χ1) is 14.9. The topological polar surface area (TPSA) is 99.1 Å². The zero-order valence-electron chi connectivity index (χ0n) is 18.4. The molecule has 1 aliphatic rings. The molecule has 9 heteroatoms. The number of aromatic nitrogens is 4. The predicted octanol–water partition coefficient (Wildman–Crippen LogP) is 4.03. The molecule has 3 N–H and O–H groups in total. The maximum Gasteiger partial charge on any atom is 0.225 e. The Balaban J connectivity index is 1.55. The third kappa shape index (κ3) is 6.09. The van der Waals surface area contributed by atoms with Crippen LogP contribution in [0.1, 0.15) is 45.2 Å². The number of hydrogen-bond donors (Lipinski definition) is 3. The van der Waals surface area contributed by atoms with Gasteiger partial charge in [-0.1, -0.05) is 25.2 Å². The Bertz CT molecular complexity index is 967. The average Bonchev–Trinajstić information content (AvgIpc) is 3.11. The quantitative estimate of drug-likeness (QED) is 0.482. The van der Waals surface area contributed by atoms with Crippen molar-refractivity contribution < 1.29 is 5.11 Å². The summed E-state index contributed by atoms with van der Waals surface area (Å²) < 4.78 is 0. The third-order valence-corrected chi connectivity index (χ3v) is 6.21. The van der Waals surface area contributed by atoms with E-state index in [1.807, 2.05) is 18.2 Å². The standard InChI is InChI=1S/C22H31N7OS/c1-14(2)12-29(3)13-16-11-19(28-22-26-18-5-4-10-23-20(18)31-22)27-21(25-16)24-15-6-8-17(30)9-7-15/h4-5,10-11,14-15,17,30H,6-9,12-13H2,1-3H3,(H2,24,25,26,27,28)/t15-,17-. The number of fused-ring (bicyclic) bond motifs is 1. The van der Waals surface area contributed by atoms with Crippen molar-refractivity contribution in [2.24, 2.45) is 5.92 Å². The Morgan fingerprint density at radius 1 is 1.19 bits per heavy atom. The number of aliphatic hydroxyl groups is 1. The Morgan fingerprint density at radius 3 is 2.74 bits per heavy atom. The average molecular weight is 442 g/mol. The first-order valence-electron chi connectivity index (χ1n) is 10.9. The lowest BCUT2D eigenvalue weighted by atomic mass is 9.93. The molecule has 8 nitrogen and oxygen atoms in total. The third-order valence-electron chi connectivity index (χ3n) is 5.32. The van der Waals surface area contributed by atoms with Crippen molar-refractivity contribution in [2.75, 3.05) is 24.2 Å². The Morgan fingerprint density at radius 2 is 2.00 bits per heavy atom. The highest BCUT2D eigenvalue weighted by Gasteiger charge is 2.20. The molecule has 0 bridgehead atoms. The van der Waals surface area contributed by atoms with Crippen LogP contribution in [0.25, 0.3) is 10.3 Å². The summed E-state index contributed by atoms with van der Waals surface area (Å²) >= 11 is 1.51. The van der Waals surface area contributed by atoms with E-state index in [4.69, 9.17) is 9.97 Å². The van der Waals surface area contributed by atoms with Crippen molar-refractivity contribution in [1.29, 1.82) is 0 Å². The monoisotopic (exact) mass is 441 g/mol. The highest BCUT2D eigenvalue weighted by atomic mass is 32.1. The normalized spacial score (nSPS) is 19.3. The second-order valence-electron chi connectivity index (χ2n) is 8.78. The number of thiazole rings is 1. The summed E-state index contributed by atoms with van der Waals surface area (Å²) in [5.41, 5.74) is 1.83.